The molecule has 2 aromatic carbocycles. The van der Waals surface area contributed by atoms with E-state index in [0.717, 1.165) is 12.1 Å². The van der Waals surface area contributed by atoms with E-state index in [-0.39, 0.29) is 27.9 Å². The van der Waals surface area contributed by atoms with E-state index in [0.29, 0.717) is 37.6 Å². The molecule has 2 N–H and O–H groups in total. The lowest BCUT2D eigenvalue weighted by atomic mass is 10.1. The van der Waals surface area contributed by atoms with Gasteiger partial charge in [0.15, 0.2) is 10.9 Å². The molecule has 0 radical (unpaired) electrons. The predicted molar refractivity (Wildman–Crippen MR) is 128 cm³/mol. The summed E-state index contributed by atoms with van der Waals surface area (Å²) in [6, 6.07) is 11.3. The van der Waals surface area contributed by atoms with Crippen LogP contribution in [0, 0.1) is 5.92 Å². The van der Waals surface area contributed by atoms with E-state index in [1.807, 2.05) is 6.92 Å². The molecular weight excluding hydrogens is 472 g/mol. The molecule has 2 heterocycles. The molecule has 10 nitrogen and oxygen atoms in total. The van der Waals surface area contributed by atoms with E-state index in [9.17, 15) is 19.2 Å². The van der Waals surface area contributed by atoms with Crippen molar-refractivity contribution in [3.63, 3.8) is 0 Å². The average molecular weight is 494 g/mol. The molecule has 10 heteroatoms. The maximum atomic E-state index is 12.4. The molecule has 0 saturated carbocycles. The van der Waals surface area contributed by atoms with Crippen LogP contribution < -0.4 is 20.3 Å². The fourth-order valence-corrected chi connectivity index (χ4v) is 3.69. The Bertz CT molecular complexity index is 1450. The molecule has 0 saturated heterocycles. The van der Waals surface area contributed by atoms with Crippen molar-refractivity contribution < 1.29 is 38.1 Å². The Hall–Kier alpha value is -4.60. The lowest BCUT2D eigenvalue weighted by Crippen LogP contribution is -2.12. The maximum absolute atomic E-state index is 12.4. The second kappa shape index (κ2) is 10.3. The van der Waals surface area contributed by atoms with Gasteiger partial charge in [-0.25, -0.2) is 9.59 Å². The van der Waals surface area contributed by atoms with Gasteiger partial charge in [-0.05, 0) is 43.0 Å². The number of aromatic carboxylic acids is 2. The molecule has 0 aliphatic rings. The largest absolute Gasteiger partial charge is 0.493 e. The third-order valence-corrected chi connectivity index (χ3v) is 5.59. The van der Waals surface area contributed by atoms with Crippen LogP contribution >= 0.6 is 0 Å². The maximum Gasteiger partial charge on any atom is 0.371 e. The summed E-state index contributed by atoms with van der Waals surface area (Å²) in [4.78, 5) is 47.0. The van der Waals surface area contributed by atoms with Gasteiger partial charge in [-0.2, -0.15) is 0 Å². The summed E-state index contributed by atoms with van der Waals surface area (Å²) >= 11 is 0. The molecule has 36 heavy (non-hydrogen) atoms. The monoisotopic (exact) mass is 494 g/mol. The highest BCUT2D eigenvalue weighted by molar-refractivity contribution is 5.90. The lowest BCUT2D eigenvalue weighted by Gasteiger charge is -2.14. The topological polar surface area (TPSA) is 153 Å². The molecule has 0 unspecified atom stereocenters. The molecule has 0 aliphatic heterocycles. The van der Waals surface area contributed by atoms with Crippen LogP contribution in [0.25, 0.3) is 21.9 Å². The first-order chi connectivity index (χ1) is 17.2. The SMILES string of the molecule is CC(CCOc1cccc2oc(C(=O)O)cc(=O)c12)CCOc1cccc2oc(C(=O)O)cc(=O)c12. The zero-order valence-corrected chi connectivity index (χ0v) is 19.2. The van der Waals surface area contributed by atoms with Gasteiger partial charge in [-0.3, -0.25) is 9.59 Å². The highest BCUT2D eigenvalue weighted by Crippen LogP contribution is 2.25. The number of fused-ring (bicyclic) bond motifs is 2. The van der Waals surface area contributed by atoms with E-state index < -0.39 is 34.3 Å². The zero-order chi connectivity index (χ0) is 25.8. The summed E-state index contributed by atoms with van der Waals surface area (Å²) < 4.78 is 22.1. The van der Waals surface area contributed by atoms with Gasteiger partial charge in [0, 0.05) is 12.1 Å². The minimum absolute atomic E-state index is 0.133. The van der Waals surface area contributed by atoms with E-state index >= 15 is 0 Å². The van der Waals surface area contributed by atoms with Gasteiger partial charge in [0.05, 0.1) is 13.2 Å². The second-order valence-corrected chi connectivity index (χ2v) is 8.20. The van der Waals surface area contributed by atoms with Crippen LogP contribution in [0.3, 0.4) is 0 Å². The van der Waals surface area contributed by atoms with Crippen molar-refractivity contribution in [2.75, 3.05) is 13.2 Å². The smallest absolute Gasteiger partial charge is 0.371 e. The zero-order valence-electron chi connectivity index (χ0n) is 19.2. The predicted octanol–water partition coefficient (Wildman–Crippen LogP) is 4.17. The Morgan fingerprint density at radius 1 is 0.778 bits per heavy atom. The third-order valence-electron chi connectivity index (χ3n) is 5.59. The Morgan fingerprint density at radius 2 is 1.19 bits per heavy atom. The Kier molecular flexibility index (Phi) is 7.05. The van der Waals surface area contributed by atoms with Crippen molar-refractivity contribution >= 4 is 33.9 Å². The molecule has 0 bridgehead atoms. The van der Waals surface area contributed by atoms with E-state index in [4.69, 9.17) is 28.5 Å². The van der Waals surface area contributed by atoms with Gasteiger partial charge in [0.2, 0.25) is 11.5 Å². The van der Waals surface area contributed by atoms with Crippen molar-refractivity contribution in [2.45, 2.75) is 19.8 Å². The van der Waals surface area contributed by atoms with Crippen LogP contribution in [0.4, 0.5) is 0 Å². The Morgan fingerprint density at radius 3 is 1.58 bits per heavy atom. The van der Waals surface area contributed by atoms with Crippen LogP contribution in [0.1, 0.15) is 40.9 Å². The highest BCUT2D eigenvalue weighted by atomic mass is 16.5. The van der Waals surface area contributed by atoms with E-state index in [2.05, 4.69) is 0 Å². The average Bonchev–Trinajstić information content (AvgIpc) is 2.83. The van der Waals surface area contributed by atoms with E-state index in [1.165, 1.54) is 12.1 Å². The fourth-order valence-electron chi connectivity index (χ4n) is 3.69. The van der Waals surface area contributed by atoms with Crippen molar-refractivity contribution in [1.82, 2.24) is 0 Å². The number of carboxylic acids is 2. The first-order valence-corrected chi connectivity index (χ1v) is 11.1. The number of hydrogen-bond donors (Lipinski definition) is 2. The highest BCUT2D eigenvalue weighted by Gasteiger charge is 2.16. The van der Waals surface area contributed by atoms with Gasteiger partial charge in [0.1, 0.15) is 33.4 Å². The minimum atomic E-state index is -1.33. The quantitative estimate of drug-likeness (QED) is 0.328. The van der Waals surface area contributed by atoms with Crippen molar-refractivity contribution in [3.05, 3.63) is 80.5 Å². The molecule has 0 atom stereocenters. The first kappa shape index (κ1) is 24.5. The van der Waals surface area contributed by atoms with Gasteiger partial charge in [0.25, 0.3) is 0 Å². The third kappa shape index (κ3) is 5.22. The molecule has 0 fully saturated rings. The van der Waals surface area contributed by atoms with Crippen LogP contribution in [-0.4, -0.2) is 35.4 Å². The Balaban J connectivity index is 1.35. The van der Waals surface area contributed by atoms with Gasteiger partial charge in [-0.15, -0.1) is 0 Å². The molecular formula is C26H22O10. The summed E-state index contributed by atoms with van der Waals surface area (Å²) in [5.41, 5.74) is -0.732. The molecule has 4 rings (SSSR count). The normalized spacial score (nSPS) is 11.2. The summed E-state index contributed by atoms with van der Waals surface area (Å²) in [6.45, 7) is 2.60. The molecule has 4 aromatic rings. The van der Waals surface area contributed by atoms with Crippen molar-refractivity contribution in [1.29, 1.82) is 0 Å². The summed E-state index contributed by atoms with van der Waals surface area (Å²) in [5.74, 6) is -2.75. The summed E-state index contributed by atoms with van der Waals surface area (Å²) in [7, 11) is 0. The molecule has 0 aliphatic carbocycles. The number of benzene rings is 2. The number of carboxylic acid groups (broad SMARTS) is 2. The van der Waals surface area contributed by atoms with Gasteiger partial charge >= 0.3 is 11.9 Å². The lowest BCUT2D eigenvalue weighted by molar-refractivity contribution is 0.0653. The van der Waals surface area contributed by atoms with Gasteiger partial charge < -0.3 is 28.5 Å². The van der Waals surface area contributed by atoms with Crippen molar-refractivity contribution in [3.8, 4) is 11.5 Å². The molecule has 186 valence electrons. The standard InChI is InChI=1S/C26H22O10/c1-14(8-10-33-17-4-2-6-19-23(17)15(27)12-21(35-19)25(29)30)9-11-34-18-5-3-7-20-24(18)16(28)13-22(36-20)26(31)32/h2-7,12-14H,8-11H2,1H3,(H,29,30)(H,31,32). The van der Waals surface area contributed by atoms with E-state index in [1.54, 1.807) is 24.3 Å². The minimum Gasteiger partial charge on any atom is -0.493 e. The molecule has 0 amide bonds. The summed E-state index contributed by atoms with van der Waals surface area (Å²) in [6.07, 6.45) is 1.27. The van der Waals surface area contributed by atoms with Gasteiger partial charge in [-0.1, -0.05) is 19.1 Å². The van der Waals surface area contributed by atoms with Crippen LogP contribution in [-0.2, 0) is 0 Å². The van der Waals surface area contributed by atoms with Crippen LogP contribution in [0.15, 0.2) is 67.0 Å². The number of hydrogen-bond acceptors (Lipinski definition) is 8. The first-order valence-electron chi connectivity index (χ1n) is 11.1. The number of rotatable bonds is 10. The molecule has 0 spiro atoms. The van der Waals surface area contributed by atoms with Crippen molar-refractivity contribution in [2.24, 2.45) is 5.92 Å². The number of carbonyl (C=O) groups is 2. The fraction of sp³-hybridized carbons (Fsp3) is 0.231. The number of ether oxygens (including phenoxy) is 2. The van der Waals surface area contributed by atoms with Crippen LogP contribution in [0.5, 0.6) is 11.5 Å². The van der Waals surface area contributed by atoms with Crippen LogP contribution in [0.2, 0.25) is 0 Å². The molecule has 2 aromatic heterocycles. The Labute approximate surface area is 203 Å². The summed E-state index contributed by atoms with van der Waals surface area (Å²) in [5, 5.41) is 18.5. The second-order valence-electron chi connectivity index (χ2n) is 8.20.